The Morgan fingerprint density at radius 3 is 3.07 bits per heavy atom. The lowest BCUT2D eigenvalue weighted by molar-refractivity contribution is 0.736. The number of nitrogens with zero attached hydrogens (tertiary/aromatic N) is 2. The van der Waals surface area contributed by atoms with Crippen LogP contribution in [0.3, 0.4) is 0 Å². The van der Waals surface area contributed by atoms with E-state index >= 15 is 0 Å². The summed E-state index contributed by atoms with van der Waals surface area (Å²) in [5.74, 6) is 1.05. The molecule has 2 rings (SSSR count). The fraction of sp³-hybridized carbons (Fsp3) is 0.556. The Labute approximate surface area is 104 Å². The molecule has 0 atom stereocenters. The van der Waals surface area contributed by atoms with Gasteiger partial charge in [-0.15, -0.1) is 24.2 Å². The van der Waals surface area contributed by atoms with Crippen LogP contribution in [0.4, 0.5) is 0 Å². The van der Waals surface area contributed by atoms with Gasteiger partial charge in [0.25, 0.3) is 0 Å². The SMILES string of the molecule is CCSc1nsnc1C1=CCCNC1.Cl. The molecule has 0 spiro atoms. The van der Waals surface area contributed by atoms with E-state index in [4.69, 9.17) is 0 Å². The zero-order valence-corrected chi connectivity index (χ0v) is 11.0. The number of nitrogens with one attached hydrogen (secondary N) is 1. The van der Waals surface area contributed by atoms with Crippen molar-refractivity contribution < 1.29 is 0 Å². The predicted octanol–water partition coefficient (Wildman–Crippen LogP) is 2.45. The van der Waals surface area contributed by atoms with Gasteiger partial charge >= 0.3 is 0 Å². The van der Waals surface area contributed by atoms with Gasteiger partial charge < -0.3 is 5.32 Å². The Morgan fingerprint density at radius 2 is 2.40 bits per heavy atom. The van der Waals surface area contributed by atoms with Crippen molar-refractivity contribution in [1.29, 1.82) is 0 Å². The lowest BCUT2D eigenvalue weighted by Gasteiger charge is -2.12. The van der Waals surface area contributed by atoms with Crippen LogP contribution in [-0.2, 0) is 0 Å². The van der Waals surface area contributed by atoms with E-state index in [1.54, 1.807) is 11.8 Å². The molecule has 1 aliphatic rings. The van der Waals surface area contributed by atoms with E-state index < -0.39 is 0 Å². The number of rotatable bonds is 3. The molecule has 0 aliphatic carbocycles. The number of hydrogen-bond donors (Lipinski definition) is 1. The minimum Gasteiger partial charge on any atom is -0.312 e. The van der Waals surface area contributed by atoms with Crippen molar-refractivity contribution in [3.63, 3.8) is 0 Å². The number of thioether (sulfide) groups is 1. The number of halogens is 1. The van der Waals surface area contributed by atoms with E-state index in [1.807, 2.05) is 0 Å². The summed E-state index contributed by atoms with van der Waals surface area (Å²) in [7, 11) is 0. The normalized spacial score (nSPS) is 15.7. The van der Waals surface area contributed by atoms with E-state index in [-0.39, 0.29) is 12.4 Å². The molecule has 0 amide bonds. The summed E-state index contributed by atoms with van der Waals surface area (Å²) in [4.78, 5) is 0. The maximum absolute atomic E-state index is 4.36. The summed E-state index contributed by atoms with van der Waals surface area (Å²) in [5, 5.41) is 4.44. The van der Waals surface area contributed by atoms with Crippen LogP contribution in [0, 0.1) is 0 Å². The van der Waals surface area contributed by atoms with Crippen molar-refractivity contribution in [3.8, 4) is 0 Å². The van der Waals surface area contributed by atoms with Crippen molar-refractivity contribution in [1.82, 2.24) is 14.1 Å². The first kappa shape index (κ1) is 13.0. The standard InChI is InChI=1S/C9H13N3S2.ClH/c1-2-13-9-8(11-14-12-9)7-4-3-5-10-6-7;/h4,10H,2-3,5-6H2,1H3;1H. The average Bonchev–Trinajstić information content (AvgIpc) is 2.68. The van der Waals surface area contributed by atoms with Crippen molar-refractivity contribution in [2.75, 3.05) is 18.8 Å². The molecule has 0 saturated heterocycles. The van der Waals surface area contributed by atoms with Crippen molar-refractivity contribution in [2.24, 2.45) is 0 Å². The molecular weight excluding hydrogens is 250 g/mol. The summed E-state index contributed by atoms with van der Waals surface area (Å²) in [6, 6.07) is 0. The molecule has 0 saturated carbocycles. The molecule has 6 heteroatoms. The summed E-state index contributed by atoms with van der Waals surface area (Å²) in [6.07, 6.45) is 3.37. The molecule has 84 valence electrons. The monoisotopic (exact) mass is 263 g/mol. The third-order valence-corrected chi connectivity index (χ3v) is 3.56. The highest BCUT2D eigenvalue weighted by atomic mass is 35.5. The third-order valence-electron chi connectivity index (χ3n) is 2.07. The molecule has 1 aromatic rings. The van der Waals surface area contributed by atoms with Crippen LogP contribution in [0.25, 0.3) is 5.57 Å². The van der Waals surface area contributed by atoms with E-state index in [1.165, 1.54) is 17.3 Å². The Hall–Kier alpha value is -0.100. The van der Waals surface area contributed by atoms with E-state index in [0.29, 0.717) is 0 Å². The van der Waals surface area contributed by atoms with Crippen molar-refractivity contribution in [2.45, 2.75) is 18.4 Å². The van der Waals surface area contributed by atoms with Gasteiger partial charge in [-0.05, 0) is 24.3 Å². The van der Waals surface area contributed by atoms with Gasteiger partial charge in [0, 0.05) is 6.54 Å². The van der Waals surface area contributed by atoms with Crippen LogP contribution in [0.1, 0.15) is 19.0 Å². The molecule has 1 aliphatic heterocycles. The molecule has 0 bridgehead atoms. The summed E-state index contributed by atoms with van der Waals surface area (Å²) in [6.45, 7) is 4.15. The maximum atomic E-state index is 4.36. The van der Waals surface area contributed by atoms with E-state index in [2.05, 4.69) is 27.1 Å². The molecule has 0 radical (unpaired) electrons. The summed E-state index contributed by atoms with van der Waals surface area (Å²) in [5.41, 5.74) is 2.40. The Morgan fingerprint density at radius 1 is 1.53 bits per heavy atom. The van der Waals surface area contributed by atoms with Gasteiger partial charge in [0.2, 0.25) is 0 Å². The Balaban J connectivity index is 0.00000112. The van der Waals surface area contributed by atoms with Crippen LogP contribution in [-0.4, -0.2) is 27.6 Å². The molecule has 0 fully saturated rings. The first-order valence-corrected chi connectivity index (χ1v) is 6.49. The van der Waals surface area contributed by atoms with Gasteiger partial charge in [-0.1, -0.05) is 13.0 Å². The lowest BCUT2D eigenvalue weighted by atomic mass is 10.1. The summed E-state index contributed by atoms with van der Waals surface area (Å²) < 4.78 is 8.67. The topological polar surface area (TPSA) is 37.8 Å². The number of hydrogen-bond acceptors (Lipinski definition) is 5. The van der Waals surface area contributed by atoms with Gasteiger partial charge in [0.1, 0.15) is 10.7 Å². The van der Waals surface area contributed by atoms with Crippen molar-refractivity contribution in [3.05, 3.63) is 11.8 Å². The Bertz CT molecular complexity index is 338. The fourth-order valence-electron chi connectivity index (χ4n) is 1.43. The second kappa shape index (κ2) is 6.48. The van der Waals surface area contributed by atoms with Gasteiger partial charge in [0.15, 0.2) is 0 Å². The molecule has 1 aromatic heterocycles. The highest BCUT2D eigenvalue weighted by Crippen LogP contribution is 2.26. The summed E-state index contributed by atoms with van der Waals surface area (Å²) >= 11 is 3.08. The van der Waals surface area contributed by atoms with Crippen molar-refractivity contribution >= 4 is 41.5 Å². The van der Waals surface area contributed by atoms with Gasteiger partial charge in [-0.2, -0.15) is 8.75 Å². The molecule has 1 N–H and O–H groups in total. The number of aromatic nitrogens is 2. The van der Waals surface area contributed by atoms with Gasteiger partial charge in [0.05, 0.1) is 11.7 Å². The molecule has 2 heterocycles. The molecule has 0 aromatic carbocycles. The largest absolute Gasteiger partial charge is 0.312 e. The van der Waals surface area contributed by atoms with Crippen LogP contribution >= 0.6 is 35.9 Å². The smallest absolute Gasteiger partial charge is 0.138 e. The second-order valence-electron chi connectivity index (χ2n) is 3.05. The fourth-order valence-corrected chi connectivity index (χ4v) is 2.87. The van der Waals surface area contributed by atoms with E-state index in [9.17, 15) is 0 Å². The third kappa shape index (κ3) is 3.17. The average molecular weight is 264 g/mol. The first-order valence-electron chi connectivity index (χ1n) is 4.77. The molecule has 3 nitrogen and oxygen atoms in total. The second-order valence-corrected chi connectivity index (χ2v) is 4.83. The lowest BCUT2D eigenvalue weighted by Crippen LogP contribution is -2.21. The van der Waals surface area contributed by atoms with Crippen LogP contribution in [0.2, 0.25) is 0 Å². The quantitative estimate of drug-likeness (QED) is 0.851. The van der Waals surface area contributed by atoms with Crippen LogP contribution < -0.4 is 5.32 Å². The van der Waals surface area contributed by atoms with E-state index in [0.717, 1.165) is 36.0 Å². The molecule has 15 heavy (non-hydrogen) atoms. The van der Waals surface area contributed by atoms with Crippen LogP contribution in [0.15, 0.2) is 11.1 Å². The Kier molecular flexibility index (Phi) is 5.60. The maximum Gasteiger partial charge on any atom is 0.138 e. The minimum absolute atomic E-state index is 0. The van der Waals surface area contributed by atoms with Gasteiger partial charge in [-0.3, -0.25) is 0 Å². The minimum atomic E-state index is 0. The predicted molar refractivity (Wildman–Crippen MR) is 69.0 cm³/mol. The van der Waals surface area contributed by atoms with Crippen LogP contribution in [0.5, 0.6) is 0 Å². The zero-order valence-electron chi connectivity index (χ0n) is 8.52. The highest BCUT2D eigenvalue weighted by Gasteiger charge is 2.14. The molecule has 0 unspecified atom stereocenters. The van der Waals surface area contributed by atoms with Gasteiger partial charge in [-0.25, -0.2) is 0 Å². The molecular formula is C9H14ClN3S2. The zero-order chi connectivity index (χ0) is 9.80. The first-order chi connectivity index (χ1) is 6.92. The highest BCUT2D eigenvalue weighted by molar-refractivity contribution is 7.99.